The number of carbonyl (C=O) groups excluding carboxylic acids is 2. The number of thiophene rings is 1. The van der Waals surface area contributed by atoms with Crippen LogP contribution in [0.4, 0.5) is 5.00 Å². The second-order valence-corrected chi connectivity index (χ2v) is 6.64. The van der Waals surface area contributed by atoms with Gasteiger partial charge in [0.2, 0.25) is 5.91 Å². The molecular formula is C20H23NO4S. The van der Waals surface area contributed by atoms with Crippen LogP contribution in [0.15, 0.2) is 47.4 Å². The van der Waals surface area contributed by atoms with Crippen LogP contribution in [-0.4, -0.2) is 31.7 Å². The van der Waals surface area contributed by atoms with Crippen molar-refractivity contribution in [1.29, 1.82) is 0 Å². The Morgan fingerprint density at radius 3 is 2.54 bits per heavy atom. The molecule has 5 nitrogen and oxygen atoms in total. The van der Waals surface area contributed by atoms with Crippen molar-refractivity contribution in [2.45, 2.75) is 20.8 Å². The molecule has 1 amide bonds. The van der Waals surface area contributed by atoms with Gasteiger partial charge in [-0.2, -0.15) is 0 Å². The van der Waals surface area contributed by atoms with Gasteiger partial charge in [-0.15, -0.1) is 11.3 Å². The molecule has 0 saturated carbocycles. The van der Waals surface area contributed by atoms with E-state index < -0.39 is 5.97 Å². The maximum atomic E-state index is 12.6. The van der Waals surface area contributed by atoms with Crippen molar-refractivity contribution < 1.29 is 19.1 Å². The van der Waals surface area contributed by atoms with E-state index in [1.165, 1.54) is 17.4 Å². The van der Waals surface area contributed by atoms with E-state index >= 15 is 0 Å². The fraction of sp³-hybridized carbons (Fsp3) is 0.300. The molecule has 0 aliphatic carbocycles. The van der Waals surface area contributed by atoms with Gasteiger partial charge in [-0.25, -0.2) is 4.79 Å². The minimum absolute atomic E-state index is 0.165. The number of rotatable bonds is 8. The van der Waals surface area contributed by atoms with E-state index in [0.29, 0.717) is 23.8 Å². The number of hydrogen-bond donors (Lipinski definition) is 1. The third kappa shape index (κ3) is 5.54. The van der Waals surface area contributed by atoms with Gasteiger partial charge < -0.3 is 14.8 Å². The summed E-state index contributed by atoms with van der Waals surface area (Å²) in [5, 5.41) is 5.12. The lowest BCUT2D eigenvalue weighted by Crippen LogP contribution is -2.15. The van der Waals surface area contributed by atoms with Crippen LogP contribution in [0.2, 0.25) is 0 Å². The summed E-state index contributed by atoms with van der Waals surface area (Å²) in [6, 6.07) is 9.55. The van der Waals surface area contributed by atoms with Crippen LogP contribution in [-0.2, 0) is 14.3 Å². The zero-order valence-electron chi connectivity index (χ0n) is 15.2. The molecule has 26 heavy (non-hydrogen) atoms. The zero-order chi connectivity index (χ0) is 18.9. The molecule has 0 saturated heterocycles. The SMILES string of the molecule is CCOCCOC(=O)c1c(-c2ccccc2)csc1NC(=O)C=C(C)C. The third-order valence-corrected chi connectivity index (χ3v) is 4.30. The van der Waals surface area contributed by atoms with E-state index in [0.717, 1.165) is 16.7 Å². The molecule has 6 heteroatoms. The Balaban J connectivity index is 2.30. The third-order valence-electron chi connectivity index (χ3n) is 3.40. The Labute approximate surface area is 157 Å². The molecule has 1 N–H and O–H groups in total. The Morgan fingerprint density at radius 2 is 1.88 bits per heavy atom. The number of carbonyl (C=O) groups is 2. The van der Waals surface area contributed by atoms with Gasteiger partial charge in [0.25, 0.3) is 0 Å². The van der Waals surface area contributed by atoms with Crippen molar-refractivity contribution in [3.05, 3.63) is 52.9 Å². The predicted molar refractivity (Wildman–Crippen MR) is 105 cm³/mol. The molecule has 1 aromatic heterocycles. The molecule has 0 fully saturated rings. The van der Waals surface area contributed by atoms with Gasteiger partial charge >= 0.3 is 5.97 Å². The van der Waals surface area contributed by atoms with Crippen LogP contribution in [0.3, 0.4) is 0 Å². The maximum Gasteiger partial charge on any atom is 0.341 e. The highest BCUT2D eigenvalue weighted by Gasteiger charge is 2.22. The van der Waals surface area contributed by atoms with E-state index in [2.05, 4.69) is 5.32 Å². The molecule has 0 radical (unpaired) electrons. The fourth-order valence-electron chi connectivity index (χ4n) is 2.30. The molecule has 2 rings (SSSR count). The van der Waals surface area contributed by atoms with Gasteiger partial charge in [0.05, 0.1) is 6.61 Å². The molecule has 0 aliphatic rings. The average molecular weight is 373 g/mol. The van der Waals surface area contributed by atoms with E-state index in [4.69, 9.17) is 9.47 Å². The van der Waals surface area contributed by atoms with Crippen molar-refractivity contribution in [3.63, 3.8) is 0 Å². The average Bonchev–Trinajstić information content (AvgIpc) is 3.02. The Bertz CT molecular complexity index is 776. The predicted octanol–water partition coefficient (Wildman–Crippen LogP) is 4.51. The molecule has 2 aromatic rings. The molecule has 0 spiro atoms. The van der Waals surface area contributed by atoms with E-state index in [-0.39, 0.29) is 12.5 Å². The highest BCUT2D eigenvalue weighted by atomic mass is 32.1. The summed E-state index contributed by atoms with van der Waals surface area (Å²) in [5.74, 6) is -0.743. The summed E-state index contributed by atoms with van der Waals surface area (Å²) in [6.45, 7) is 6.63. The summed E-state index contributed by atoms with van der Waals surface area (Å²) in [4.78, 5) is 24.7. The number of hydrogen-bond acceptors (Lipinski definition) is 5. The van der Waals surface area contributed by atoms with Crippen LogP contribution < -0.4 is 5.32 Å². The second-order valence-electron chi connectivity index (χ2n) is 5.76. The molecule has 1 aromatic carbocycles. The highest BCUT2D eigenvalue weighted by Crippen LogP contribution is 2.36. The normalized spacial score (nSPS) is 10.3. The van der Waals surface area contributed by atoms with E-state index in [1.807, 2.05) is 56.5 Å². The number of ether oxygens (including phenoxy) is 2. The summed E-state index contributed by atoms with van der Waals surface area (Å²) in [7, 11) is 0. The minimum atomic E-state index is -0.475. The number of esters is 1. The van der Waals surface area contributed by atoms with Crippen molar-refractivity contribution >= 4 is 28.2 Å². The van der Waals surface area contributed by atoms with Gasteiger partial charge in [0.1, 0.15) is 17.2 Å². The van der Waals surface area contributed by atoms with Gasteiger partial charge in [-0.05, 0) is 26.3 Å². The number of nitrogens with one attached hydrogen (secondary N) is 1. The molecule has 0 bridgehead atoms. The summed E-state index contributed by atoms with van der Waals surface area (Å²) < 4.78 is 10.5. The molecule has 1 heterocycles. The van der Waals surface area contributed by atoms with Crippen molar-refractivity contribution in [2.24, 2.45) is 0 Å². The quantitative estimate of drug-likeness (QED) is 0.420. The van der Waals surface area contributed by atoms with Crippen LogP contribution in [0.5, 0.6) is 0 Å². The van der Waals surface area contributed by atoms with Crippen molar-refractivity contribution in [1.82, 2.24) is 0 Å². The second kappa shape index (κ2) is 9.89. The minimum Gasteiger partial charge on any atom is -0.460 e. The number of allylic oxidation sites excluding steroid dienone is 1. The lowest BCUT2D eigenvalue weighted by molar-refractivity contribution is -0.111. The molecule has 0 aliphatic heterocycles. The fourth-order valence-corrected chi connectivity index (χ4v) is 3.26. The number of amides is 1. The molecule has 0 atom stereocenters. The van der Waals surface area contributed by atoms with Crippen LogP contribution in [0.1, 0.15) is 31.1 Å². The maximum absolute atomic E-state index is 12.6. The summed E-state index contributed by atoms with van der Waals surface area (Å²) in [5.41, 5.74) is 2.88. The Morgan fingerprint density at radius 1 is 1.15 bits per heavy atom. The van der Waals surface area contributed by atoms with Crippen LogP contribution >= 0.6 is 11.3 Å². The first kappa shape index (κ1) is 19.9. The first-order chi connectivity index (χ1) is 12.5. The lowest BCUT2D eigenvalue weighted by Gasteiger charge is -2.09. The Hall–Kier alpha value is -2.44. The number of benzene rings is 1. The van der Waals surface area contributed by atoms with Gasteiger partial charge in [-0.3, -0.25) is 4.79 Å². The first-order valence-electron chi connectivity index (χ1n) is 8.40. The molecular weight excluding hydrogens is 350 g/mol. The van der Waals surface area contributed by atoms with Crippen molar-refractivity contribution in [2.75, 3.05) is 25.1 Å². The van der Waals surface area contributed by atoms with E-state index in [9.17, 15) is 9.59 Å². The monoisotopic (exact) mass is 373 g/mol. The molecule has 0 unspecified atom stereocenters. The largest absolute Gasteiger partial charge is 0.460 e. The Kier molecular flexibility index (Phi) is 7.56. The zero-order valence-corrected chi connectivity index (χ0v) is 16.0. The number of anilines is 1. The van der Waals surface area contributed by atoms with E-state index in [1.54, 1.807) is 0 Å². The van der Waals surface area contributed by atoms with Crippen molar-refractivity contribution in [3.8, 4) is 11.1 Å². The smallest absolute Gasteiger partial charge is 0.341 e. The van der Waals surface area contributed by atoms with Gasteiger partial charge in [0.15, 0.2) is 0 Å². The molecule has 138 valence electrons. The summed E-state index contributed by atoms with van der Waals surface area (Å²) in [6.07, 6.45) is 1.49. The standard InChI is InChI=1S/C20H23NO4S/c1-4-24-10-11-25-20(23)18-16(15-8-6-5-7-9-15)13-26-19(18)21-17(22)12-14(2)3/h5-9,12-13H,4,10-11H2,1-3H3,(H,21,22). The first-order valence-corrected chi connectivity index (χ1v) is 9.28. The highest BCUT2D eigenvalue weighted by molar-refractivity contribution is 7.15. The van der Waals surface area contributed by atoms with Crippen LogP contribution in [0, 0.1) is 0 Å². The topological polar surface area (TPSA) is 64.6 Å². The lowest BCUT2D eigenvalue weighted by atomic mass is 10.0. The van der Waals surface area contributed by atoms with Gasteiger partial charge in [0, 0.05) is 23.6 Å². The van der Waals surface area contributed by atoms with Crippen LogP contribution in [0.25, 0.3) is 11.1 Å². The van der Waals surface area contributed by atoms with Gasteiger partial charge in [-0.1, -0.05) is 35.9 Å². The summed E-state index contributed by atoms with van der Waals surface area (Å²) >= 11 is 1.31.